The summed E-state index contributed by atoms with van der Waals surface area (Å²) in [7, 11) is 0. The first-order chi connectivity index (χ1) is 9.40. The van der Waals surface area contributed by atoms with Gasteiger partial charge in [-0.25, -0.2) is 0 Å². The van der Waals surface area contributed by atoms with Crippen molar-refractivity contribution in [2.24, 2.45) is 23.3 Å². The van der Waals surface area contributed by atoms with Crippen molar-refractivity contribution in [2.75, 3.05) is 11.9 Å². The molecule has 1 aromatic heterocycles. The van der Waals surface area contributed by atoms with Crippen LogP contribution in [-0.4, -0.2) is 28.1 Å². The van der Waals surface area contributed by atoms with Crippen molar-refractivity contribution in [1.29, 1.82) is 0 Å². The number of aromatic nitrogens is 2. The predicted octanol–water partition coefficient (Wildman–Crippen LogP) is 0.318. The van der Waals surface area contributed by atoms with Crippen molar-refractivity contribution < 1.29 is 9.59 Å². The summed E-state index contributed by atoms with van der Waals surface area (Å²) in [5.41, 5.74) is 11.3. The van der Waals surface area contributed by atoms with Crippen LogP contribution in [0.1, 0.15) is 26.7 Å². The lowest BCUT2D eigenvalue weighted by Crippen LogP contribution is -2.23. The van der Waals surface area contributed by atoms with E-state index in [0.29, 0.717) is 24.6 Å². The summed E-state index contributed by atoms with van der Waals surface area (Å²) in [5, 5.41) is 6.68. The van der Waals surface area contributed by atoms with E-state index in [1.165, 1.54) is 10.9 Å². The first kappa shape index (κ1) is 16.2. The van der Waals surface area contributed by atoms with Crippen LogP contribution in [0.25, 0.3) is 0 Å². The Morgan fingerprint density at radius 3 is 2.70 bits per heavy atom. The molecule has 0 aliphatic rings. The first-order valence-corrected chi connectivity index (χ1v) is 6.71. The van der Waals surface area contributed by atoms with E-state index >= 15 is 0 Å². The van der Waals surface area contributed by atoms with Gasteiger partial charge in [0.05, 0.1) is 11.9 Å². The zero-order valence-electron chi connectivity index (χ0n) is 12.0. The van der Waals surface area contributed by atoms with Gasteiger partial charge in [-0.05, 0) is 24.8 Å². The Balaban J connectivity index is 2.48. The minimum atomic E-state index is -0.480. The highest BCUT2D eigenvalue weighted by Gasteiger charge is 2.14. The van der Waals surface area contributed by atoms with Gasteiger partial charge in [-0.15, -0.1) is 0 Å². The summed E-state index contributed by atoms with van der Waals surface area (Å²) < 4.78 is 1.38. The molecule has 1 heterocycles. The molecule has 0 fully saturated rings. The molecule has 112 valence electrons. The molecule has 1 atom stereocenters. The van der Waals surface area contributed by atoms with Crippen molar-refractivity contribution in [1.82, 2.24) is 9.78 Å². The minimum absolute atomic E-state index is 0.00531. The molecule has 0 aliphatic carbocycles. The molecule has 0 radical (unpaired) electrons. The third-order valence-corrected chi connectivity index (χ3v) is 2.85. The van der Waals surface area contributed by atoms with Crippen LogP contribution in [0.2, 0.25) is 0 Å². The van der Waals surface area contributed by atoms with Gasteiger partial charge in [-0.2, -0.15) is 5.10 Å². The van der Waals surface area contributed by atoms with E-state index in [1.54, 1.807) is 6.20 Å². The molecule has 0 saturated heterocycles. The zero-order chi connectivity index (χ0) is 15.1. The third kappa shape index (κ3) is 5.83. The number of primary amides is 1. The number of nitrogens with zero attached hydrogens (tertiary/aromatic N) is 2. The van der Waals surface area contributed by atoms with Crippen LogP contribution in [-0.2, 0) is 16.1 Å². The molecule has 5 N–H and O–H groups in total. The molecule has 0 unspecified atom stereocenters. The number of nitrogens with two attached hydrogens (primary N) is 2. The summed E-state index contributed by atoms with van der Waals surface area (Å²) in [6.07, 6.45) is 4.36. The molecule has 0 aliphatic heterocycles. The van der Waals surface area contributed by atoms with Gasteiger partial charge >= 0.3 is 0 Å². The number of nitrogens with one attached hydrogen (secondary N) is 1. The van der Waals surface area contributed by atoms with E-state index in [0.717, 1.165) is 6.42 Å². The number of anilines is 1. The number of carbonyl (C=O) groups excluding carboxylic acids is 2. The third-order valence-electron chi connectivity index (χ3n) is 2.85. The lowest BCUT2D eigenvalue weighted by atomic mass is 9.94. The summed E-state index contributed by atoms with van der Waals surface area (Å²) in [5.74, 6) is 0.108. The fraction of sp³-hybridized carbons (Fsp3) is 0.615. The lowest BCUT2D eigenvalue weighted by molar-refractivity contribution is -0.119. The number of carbonyl (C=O) groups is 2. The van der Waals surface area contributed by atoms with E-state index in [2.05, 4.69) is 24.3 Å². The molecule has 1 rings (SSSR count). The highest BCUT2D eigenvalue weighted by atomic mass is 16.2. The van der Waals surface area contributed by atoms with Gasteiger partial charge in [0.1, 0.15) is 6.54 Å². The van der Waals surface area contributed by atoms with Crippen molar-refractivity contribution >= 4 is 17.5 Å². The summed E-state index contributed by atoms with van der Waals surface area (Å²) in [6, 6.07) is 0. The molecule has 20 heavy (non-hydrogen) atoms. The Kier molecular flexibility index (Phi) is 6.17. The van der Waals surface area contributed by atoms with Crippen LogP contribution >= 0.6 is 0 Å². The number of hydrogen-bond acceptors (Lipinski definition) is 4. The quantitative estimate of drug-likeness (QED) is 0.636. The highest BCUT2D eigenvalue weighted by molar-refractivity contribution is 5.90. The van der Waals surface area contributed by atoms with Gasteiger partial charge < -0.3 is 16.8 Å². The molecule has 7 nitrogen and oxygen atoms in total. The van der Waals surface area contributed by atoms with Gasteiger partial charge in [0, 0.05) is 12.6 Å². The Morgan fingerprint density at radius 1 is 1.45 bits per heavy atom. The summed E-state index contributed by atoms with van der Waals surface area (Å²) >= 11 is 0. The van der Waals surface area contributed by atoms with Crippen LogP contribution in [0.15, 0.2) is 12.4 Å². The SMILES string of the molecule is CC(C)C[C@H](CN)CC(=O)Nc1cnn(CC(N)=O)c1. The van der Waals surface area contributed by atoms with Crippen LogP contribution in [0.4, 0.5) is 5.69 Å². The average Bonchev–Trinajstić information content (AvgIpc) is 2.73. The number of amides is 2. The van der Waals surface area contributed by atoms with E-state index in [-0.39, 0.29) is 18.4 Å². The highest BCUT2D eigenvalue weighted by Crippen LogP contribution is 2.15. The van der Waals surface area contributed by atoms with Crippen molar-refractivity contribution in [2.45, 2.75) is 33.2 Å². The Labute approximate surface area is 118 Å². The fourth-order valence-corrected chi connectivity index (χ4v) is 2.08. The smallest absolute Gasteiger partial charge is 0.239 e. The molecule has 0 spiro atoms. The monoisotopic (exact) mass is 281 g/mol. The summed E-state index contributed by atoms with van der Waals surface area (Å²) in [4.78, 5) is 22.6. The normalized spacial score (nSPS) is 12.4. The number of hydrogen-bond donors (Lipinski definition) is 3. The van der Waals surface area contributed by atoms with Gasteiger partial charge in [-0.3, -0.25) is 14.3 Å². The maximum Gasteiger partial charge on any atom is 0.239 e. The van der Waals surface area contributed by atoms with E-state index < -0.39 is 5.91 Å². The summed E-state index contributed by atoms with van der Waals surface area (Å²) in [6.45, 7) is 4.70. The fourth-order valence-electron chi connectivity index (χ4n) is 2.08. The van der Waals surface area contributed by atoms with Crippen LogP contribution < -0.4 is 16.8 Å². The van der Waals surface area contributed by atoms with Crippen LogP contribution in [0.3, 0.4) is 0 Å². The Hall–Kier alpha value is -1.89. The van der Waals surface area contributed by atoms with Crippen molar-refractivity contribution in [3.05, 3.63) is 12.4 Å². The van der Waals surface area contributed by atoms with Gasteiger partial charge in [0.15, 0.2) is 0 Å². The van der Waals surface area contributed by atoms with Crippen LogP contribution in [0.5, 0.6) is 0 Å². The molecular weight excluding hydrogens is 258 g/mol. The predicted molar refractivity (Wildman–Crippen MR) is 76.7 cm³/mol. The Morgan fingerprint density at radius 2 is 2.15 bits per heavy atom. The second kappa shape index (κ2) is 7.64. The van der Waals surface area contributed by atoms with Crippen LogP contribution in [0, 0.1) is 11.8 Å². The second-order valence-corrected chi connectivity index (χ2v) is 5.38. The molecule has 0 saturated carbocycles. The average molecular weight is 281 g/mol. The van der Waals surface area contributed by atoms with Gasteiger partial charge in [-0.1, -0.05) is 13.8 Å². The molecule has 7 heteroatoms. The zero-order valence-corrected chi connectivity index (χ0v) is 12.0. The standard InChI is InChI=1S/C13H23N5O2/c1-9(2)3-10(5-14)4-13(20)17-11-6-16-18(7-11)8-12(15)19/h6-7,9-10H,3-5,8,14H2,1-2H3,(H2,15,19)(H,17,20)/t10-/m0/s1. The molecular formula is C13H23N5O2. The van der Waals surface area contributed by atoms with Gasteiger partial charge in [0.2, 0.25) is 11.8 Å². The maximum absolute atomic E-state index is 11.9. The lowest BCUT2D eigenvalue weighted by Gasteiger charge is -2.16. The minimum Gasteiger partial charge on any atom is -0.368 e. The van der Waals surface area contributed by atoms with E-state index in [9.17, 15) is 9.59 Å². The maximum atomic E-state index is 11.9. The second-order valence-electron chi connectivity index (χ2n) is 5.38. The Bertz CT molecular complexity index is 455. The van der Waals surface area contributed by atoms with Crippen molar-refractivity contribution in [3.8, 4) is 0 Å². The van der Waals surface area contributed by atoms with Crippen molar-refractivity contribution in [3.63, 3.8) is 0 Å². The molecule has 0 bridgehead atoms. The topological polar surface area (TPSA) is 116 Å². The molecule has 1 aromatic rings. The number of rotatable bonds is 8. The largest absolute Gasteiger partial charge is 0.368 e. The molecule has 0 aromatic carbocycles. The first-order valence-electron chi connectivity index (χ1n) is 6.71. The van der Waals surface area contributed by atoms with Gasteiger partial charge in [0.25, 0.3) is 0 Å². The van der Waals surface area contributed by atoms with E-state index in [4.69, 9.17) is 11.5 Å². The van der Waals surface area contributed by atoms with E-state index in [1.807, 2.05) is 0 Å². The molecule has 2 amide bonds.